The molecule has 0 bridgehead atoms. The molecule has 3 nitrogen and oxygen atoms in total. The van der Waals surface area contributed by atoms with Gasteiger partial charge in [0.1, 0.15) is 5.82 Å². The van der Waals surface area contributed by atoms with Gasteiger partial charge in [-0.1, -0.05) is 0 Å². The van der Waals surface area contributed by atoms with E-state index >= 15 is 0 Å². The molecule has 2 atom stereocenters. The second-order valence-electron chi connectivity index (χ2n) is 4.61. The minimum atomic E-state index is -0.308. The van der Waals surface area contributed by atoms with Crippen LogP contribution in [-0.4, -0.2) is 36.0 Å². The van der Waals surface area contributed by atoms with Crippen molar-refractivity contribution in [3.63, 3.8) is 0 Å². The van der Waals surface area contributed by atoms with Crippen molar-refractivity contribution in [2.75, 3.05) is 13.1 Å². The molecule has 1 aliphatic heterocycles. The van der Waals surface area contributed by atoms with E-state index in [9.17, 15) is 9.18 Å². The number of halogens is 2. The highest BCUT2D eigenvalue weighted by molar-refractivity contribution is 14.1. The Labute approximate surface area is 120 Å². The normalized spacial score (nSPS) is 24.1. The zero-order chi connectivity index (χ0) is 13.3. The fourth-order valence-corrected chi connectivity index (χ4v) is 2.87. The zero-order valence-corrected chi connectivity index (χ0v) is 12.6. The molecule has 1 fully saturated rings. The van der Waals surface area contributed by atoms with Crippen molar-refractivity contribution in [2.45, 2.75) is 25.9 Å². The molecule has 1 N–H and O–H groups in total. The molecule has 1 heterocycles. The first-order chi connectivity index (χ1) is 8.50. The number of rotatable bonds is 1. The van der Waals surface area contributed by atoms with Crippen LogP contribution in [0.15, 0.2) is 18.2 Å². The number of hydrogen-bond donors (Lipinski definition) is 1. The summed E-state index contributed by atoms with van der Waals surface area (Å²) in [5.74, 6) is -0.321. The minimum absolute atomic E-state index is 0.0137. The number of nitrogens with one attached hydrogen (secondary N) is 1. The molecular formula is C13H16FIN2O. The van der Waals surface area contributed by atoms with Crippen LogP contribution in [0.25, 0.3) is 0 Å². The first-order valence-electron chi connectivity index (χ1n) is 6.00. The van der Waals surface area contributed by atoms with Crippen LogP contribution in [0, 0.1) is 9.39 Å². The van der Waals surface area contributed by atoms with Crippen LogP contribution in [0.3, 0.4) is 0 Å². The molecular weight excluding hydrogens is 346 g/mol. The summed E-state index contributed by atoms with van der Waals surface area (Å²) in [4.78, 5) is 14.3. The van der Waals surface area contributed by atoms with Crippen molar-refractivity contribution in [2.24, 2.45) is 0 Å². The molecule has 1 amide bonds. The topological polar surface area (TPSA) is 32.3 Å². The third-order valence-electron chi connectivity index (χ3n) is 3.46. The summed E-state index contributed by atoms with van der Waals surface area (Å²) in [7, 11) is 0. The summed E-state index contributed by atoms with van der Waals surface area (Å²) in [6.45, 7) is 5.59. The maximum absolute atomic E-state index is 13.1. The van der Waals surface area contributed by atoms with Crippen LogP contribution in [0.1, 0.15) is 24.2 Å². The van der Waals surface area contributed by atoms with Gasteiger partial charge in [-0.15, -0.1) is 0 Å². The van der Waals surface area contributed by atoms with Crippen molar-refractivity contribution in [1.82, 2.24) is 10.2 Å². The van der Waals surface area contributed by atoms with Crippen molar-refractivity contribution in [1.29, 1.82) is 0 Å². The Balaban J connectivity index is 2.25. The van der Waals surface area contributed by atoms with E-state index in [0.717, 1.165) is 6.54 Å². The quantitative estimate of drug-likeness (QED) is 0.778. The van der Waals surface area contributed by atoms with Gasteiger partial charge in [0.2, 0.25) is 0 Å². The number of nitrogens with zero attached hydrogens (tertiary/aromatic N) is 1. The van der Waals surface area contributed by atoms with E-state index in [1.807, 2.05) is 34.4 Å². The molecule has 1 saturated heterocycles. The maximum atomic E-state index is 13.1. The Morgan fingerprint density at radius 1 is 1.50 bits per heavy atom. The van der Waals surface area contributed by atoms with Gasteiger partial charge < -0.3 is 10.2 Å². The lowest BCUT2D eigenvalue weighted by molar-refractivity contribution is 0.0602. The summed E-state index contributed by atoms with van der Waals surface area (Å²) in [6, 6.07) is 4.72. The second kappa shape index (κ2) is 5.52. The molecule has 1 aromatic rings. The molecule has 5 heteroatoms. The van der Waals surface area contributed by atoms with Crippen LogP contribution in [0.5, 0.6) is 0 Å². The number of piperazine rings is 1. The second-order valence-corrected chi connectivity index (χ2v) is 5.77. The van der Waals surface area contributed by atoms with Gasteiger partial charge in [-0.2, -0.15) is 0 Å². The lowest BCUT2D eigenvalue weighted by Crippen LogP contribution is -2.57. The van der Waals surface area contributed by atoms with E-state index in [-0.39, 0.29) is 23.8 Å². The van der Waals surface area contributed by atoms with E-state index in [2.05, 4.69) is 12.2 Å². The number of carbonyl (C=O) groups is 1. The molecule has 0 radical (unpaired) electrons. The summed E-state index contributed by atoms with van der Waals surface area (Å²) in [5, 5.41) is 3.34. The zero-order valence-electron chi connectivity index (χ0n) is 10.4. The van der Waals surface area contributed by atoms with Gasteiger partial charge >= 0.3 is 0 Å². The largest absolute Gasteiger partial charge is 0.333 e. The van der Waals surface area contributed by atoms with Crippen molar-refractivity contribution in [3.05, 3.63) is 33.1 Å². The average molecular weight is 362 g/mol. The lowest BCUT2D eigenvalue weighted by Gasteiger charge is -2.38. The highest BCUT2D eigenvalue weighted by Crippen LogP contribution is 2.19. The van der Waals surface area contributed by atoms with Gasteiger partial charge in [0.05, 0.1) is 5.56 Å². The molecule has 0 saturated carbocycles. The van der Waals surface area contributed by atoms with Gasteiger partial charge in [0, 0.05) is 28.7 Å². The van der Waals surface area contributed by atoms with E-state index in [4.69, 9.17) is 0 Å². The molecule has 2 rings (SSSR count). The summed E-state index contributed by atoms with van der Waals surface area (Å²) >= 11 is 2.01. The minimum Gasteiger partial charge on any atom is -0.333 e. The molecule has 0 aliphatic carbocycles. The highest BCUT2D eigenvalue weighted by Gasteiger charge is 2.29. The summed E-state index contributed by atoms with van der Waals surface area (Å²) < 4.78 is 13.7. The molecule has 1 aliphatic rings. The first-order valence-corrected chi connectivity index (χ1v) is 7.08. The summed E-state index contributed by atoms with van der Waals surface area (Å²) in [5.41, 5.74) is 0.581. The lowest BCUT2D eigenvalue weighted by atomic mass is 10.1. The smallest absolute Gasteiger partial charge is 0.255 e. The fraction of sp³-hybridized carbons (Fsp3) is 0.462. The molecule has 0 aromatic heterocycles. The number of amides is 1. The van der Waals surface area contributed by atoms with Crippen molar-refractivity contribution < 1.29 is 9.18 Å². The SMILES string of the molecule is CC1NCCN(C(=O)c2ccc(F)cc2I)C1C. The van der Waals surface area contributed by atoms with Gasteiger partial charge in [-0.3, -0.25) is 4.79 Å². The van der Waals surface area contributed by atoms with Crippen LogP contribution in [-0.2, 0) is 0 Å². The third kappa shape index (κ3) is 2.66. The highest BCUT2D eigenvalue weighted by atomic mass is 127. The van der Waals surface area contributed by atoms with E-state index < -0.39 is 0 Å². The van der Waals surface area contributed by atoms with Gasteiger partial charge in [0.25, 0.3) is 5.91 Å². The molecule has 18 heavy (non-hydrogen) atoms. The van der Waals surface area contributed by atoms with Crippen molar-refractivity contribution >= 4 is 28.5 Å². The monoisotopic (exact) mass is 362 g/mol. The van der Waals surface area contributed by atoms with E-state index in [1.165, 1.54) is 12.1 Å². The van der Waals surface area contributed by atoms with Crippen LogP contribution in [0.4, 0.5) is 4.39 Å². The van der Waals surface area contributed by atoms with E-state index in [0.29, 0.717) is 15.7 Å². The average Bonchev–Trinajstić information content (AvgIpc) is 2.32. The maximum Gasteiger partial charge on any atom is 0.255 e. The predicted octanol–water partition coefficient (Wildman–Crippen LogP) is 2.25. The number of hydrogen-bond acceptors (Lipinski definition) is 2. The molecule has 1 aromatic carbocycles. The predicted molar refractivity (Wildman–Crippen MR) is 77.1 cm³/mol. The van der Waals surface area contributed by atoms with E-state index in [1.54, 1.807) is 6.07 Å². The fourth-order valence-electron chi connectivity index (χ4n) is 2.16. The van der Waals surface area contributed by atoms with Crippen molar-refractivity contribution in [3.8, 4) is 0 Å². The Bertz CT molecular complexity index is 466. The molecule has 0 spiro atoms. The van der Waals surface area contributed by atoms with Crippen LogP contribution in [0.2, 0.25) is 0 Å². The Kier molecular flexibility index (Phi) is 4.21. The molecule has 98 valence electrons. The summed E-state index contributed by atoms with van der Waals surface area (Å²) in [6.07, 6.45) is 0. The third-order valence-corrected chi connectivity index (χ3v) is 4.35. The van der Waals surface area contributed by atoms with Gasteiger partial charge in [-0.05, 0) is 54.6 Å². The van der Waals surface area contributed by atoms with Gasteiger partial charge in [-0.25, -0.2) is 4.39 Å². The number of carbonyl (C=O) groups excluding carboxylic acids is 1. The van der Waals surface area contributed by atoms with Gasteiger partial charge in [0.15, 0.2) is 0 Å². The van der Waals surface area contributed by atoms with Crippen LogP contribution < -0.4 is 5.32 Å². The Hall–Kier alpha value is -0.690. The van der Waals surface area contributed by atoms with Crippen LogP contribution >= 0.6 is 22.6 Å². The number of benzene rings is 1. The Morgan fingerprint density at radius 3 is 2.89 bits per heavy atom. The first kappa shape index (κ1) is 13.7. The molecule has 2 unspecified atom stereocenters. The Morgan fingerprint density at radius 2 is 2.22 bits per heavy atom. The standard InChI is InChI=1S/C13H16FIN2O/c1-8-9(2)17(6-5-16-8)13(18)11-4-3-10(14)7-12(11)15/h3-4,7-9,16H,5-6H2,1-2H3.